The molecular formula is C25H28ClN5O3S. The smallest absolute Gasteiger partial charge is 0.286 e. The van der Waals surface area contributed by atoms with Crippen LogP contribution in [0.4, 0.5) is 5.69 Å². The third kappa shape index (κ3) is 7.24. The molecule has 0 spiro atoms. The van der Waals surface area contributed by atoms with E-state index in [0.717, 1.165) is 24.4 Å². The summed E-state index contributed by atoms with van der Waals surface area (Å²) in [5.41, 5.74) is 1.00. The second kappa shape index (κ2) is 12.1. The minimum Gasteiger partial charge on any atom is -0.486 e. The first kappa shape index (κ1) is 25.1. The predicted octanol–water partition coefficient (Wildman–Crippen LogP) is 4.63. The Kier molecular flexibility index (Phi) is 8.68. The van der Waals surface area contributed by atoms with Gasteiger partial charge in [-0.15, -0.1) is 10.2 Å². The number of benzene rings is 2. The Hall–Kier alpha value is -3.01. The predicted molar refractivity (Wildman–Crippen MR) is 137 cm³/mol. The monoisotopic (exact) mass is 513 g/mol. The highest BCUT2D eigenvalue weighted by molar-refractivity contribution is 7.13. The number of halogens is 1. The van der Waals surface area contributed by atoms with Crippen LogP contribution in [0, 0.1) is 0 Å². The third-order valence-electron chi connectivity index (χ3n) is 5.84. The van der Waals surface area contributed by atoms with Crippen molar-refractivity contribution in [2.24, 2.45) is 0 Å². The molecule has 1 aliphatic rings. The highest BCUT2D eigenvalue weighted by Crippen LogP contribution is 2.19. The SMILES string of the molecule is C[C@H]1CCCCN1CCNC(=O)c1cccc(NC(=O)c2nnc(COc3ccc(Cl)cc3)s2)c1. The van der Waals surface area contributed by atoms with E-state index in [1.54, 1.807) is 48.5 Å². The Labute approximate surface area is 213 Å². The van der Waals surface area contributed by atoms with Gasteiger partial charge in [-0.3, -0.25) is 14.5 Å². The Morgan fingerprint density at radius 2 is 1.97 bits per heavy atom. The molecule has 10 heteroatoms. The van der Waals surface area contributed by atoms with Gasteiger partial charge in [0.15, 0.2) is 5.01 Å². The van der Waals surface area contributed by atoms with Gasteiger partial charge < -0.3 is 15.4 Å². The maximum atomic E-state index is 12.6. The quantitative estimate of drug-likeness (QED) is 0.433. The fraction of sp³-hybridized carbons (Fsp3) is 0.360. The number of ether oxygens (including phenoxy) is 1. The van der Waals surface area contributed by atoms with Crippen LogP contribution in [0.15, 0.2) is 48.5 Å². The lowest BCUT2D eigenvalue weighted by Gasteiger charge is -2.33. The third-order valence-corrected chi connectivity index (χ3v) is 6.99. The van der Waals surface area contributed by atoms with Crippen LogP contribution in [0.5, 0.6) is 5.75 Å². The molecule has 1 fully saturated rings. The fourth-order valence-electron chi connectivity index (χ4n) is 3.91. The van der Waals surface area contributed by atoms with Gasteiger partial charge in [0.25, 0.3) is 11.8 Å². The van der Waals surface area contributed by atoms with Crippen molar-refractivity contribution < 1.29 is 14.3 Å². The average molecular weight is 514 g/mol. The maximum absolute atomic E-state index is 12.6. The highest BCUT2D eigenvalue weighted by atomic mass is 35.5. The van der Waals surface area contributed by atoms with Gasteiger partial charge in [0.05, 0.1) is 0 Å². The molecule has 2 N–H and O–H groups in total. The summed E-state index contributed by atoms with van der Waals surface area (Å²) in [4.78, 5) is 27.7. The largest absolute Gasteiger partial charge is 0.486 e. The molecule has 1 atom stereocenters. The molecule has 0 saturated carbocycles. The standard InChI is InChI=1S/C25H28ClN5O3S/c1-17-5-2-3-13-31(17)14-12-27-23(32)18-6-4-7-20(15-18)28-24(33)25-30-29-22(35-25)16-34-21-10-8-19(26)9-11-21/h4,6-11,15,17H,2-3,5,12-14,16H2,1H3,(H,27,32)(H,28,33)/t17-/m0/s1. The zero-order valence-corrected chi connectivity index (χ0v) is 21.1. The number of likely N-dealkylation sites (tertiary alicyclic amines) is 1. The van der Waals surface area contributed by atoms with Crippen LogP contribution in [-0.2, 0) is 6.61 Å². The zero-order chi connectivity index (χ0) is 24.6. The van der Waals surface area contributed by atoms with Crippen molar-refractivity contribution in [3.63, 3.8) is 0 Å². The molecule has 1 aliphatic heterocycles. The van der Waals surface area contributed by atoms with E-state index in [9.17, 15) is 9.59 Å². The summed E-state index contributed by atoms with van der Waals surface area (Å²) in [6.07, 6.45) is 3.70. The van der Waals surface area contributed by atoms with Crippen LogP contribution in [0.1, 0.15) is 51.4 Å². The summed E-state index contributed by atoms with van der Waals surface area (Å²) >= 11 is 7.02. The topological polar surface area (TPSA) is 96.5 Å². The van der Waals surface area contributed by atoms with Crippen molar-refractivity contribution in [2.45, 2.75) is 38.8 Å². The average Bonchev–Trinajstić information content (AvgIpc) is 3.34. The second-order valence-corrected chi connectivity index (χ2v) is 9.91. The molecule has 2 heterocycles. The van der Waals surface area contributed by atoms with E-state index in [-0.39, 0.29) is 17.5 Å². The lowest BCUT2D eigenvalue weighted by molar-refractivity contribution is 0.0937. The van der Waals surface area contributed by atoms with Crippen LogP contribution in [0.2, 0.25) is 5.02 Å². The Balaban J connectivity index is 1.27. The number of carbonyl (C=O) groups excluding carboxylic acids is 2. The van der Waals surface area contributed by atoms with Crippen LogP contribution >= 0.6 is 22.9 Å². The minimum absolute atomic E-state index is 0.164. The number of anilines is 1. The minimum atomic E-state index is -0.392. The number of piperidine rings is 1. The molecule has 0 aliphatic carbocycles. The van der Waals surface area contributed by atoms with Crippen molar-refractivity contribution in [3.8, 4) is 5.75 Å². The number of nitrogens with one attached hydrogen (secondary N) is 2. The normalized spacial score (nSPS) is 16.0. The molecule has 184 valence electrons. The molecule has 4 rings (SSSR count). The van der Waals surface area contributed by atoms with Crippen molar-refractivity contribution in [1.29, 1.82) is 0 Å². The van der Waals surface area contributed by atoms with Gasteiger partial charge in [-0.1, -0.05) is 35.4 Å². The Morgan fingerprint density at radius 3 is 2.77 bits per heavy atom. The molecule has 35 heavy (non-hydrogen) atoms. The molecular weight excluding hydrogens is 486 g/mol. The number of rotatable bonds is 9. The molecule has 1 aromatic heterocycles. The van der Waals surface area contributed by atoms with Crippen LogP contribution < -0.4 is 15.4 Å². The number of amides is 2. The molecule has 8 nitrogen and oxygen atoms in total. The van der Waals surface area contributed by atoms with Gasteiger partial charge >= 0.3 is 0 Å². The van der Waals surface area contributed by atoms with E-state index in [4.69, 9.17) is 16.3 Å². The van der Waals surface area contributed by atoms with E-state index in [2.05, 4.69) is 32.7 Å². The summed E-state index contributed by atoms with van der Waals surface area (Å²) in [5.74, 6) is 0.0938. The van der Waals surface area contributed by atoms with Crippen molar-refractivity contribution in [3.05, 3.63) is 69.1 Å². The summed E-state index contributed by atoms with van der Waals surface area (Å²) in [6, 6.07) is 14.4. The number of carbonyl (C=O) groups is 2. The lowest BCUT2D eigenvalue weighted by atomic mass is 10.0. The van der Waals surface area contributed by atoms with Crippen molar-refractivity contribution in [2.75, 3.05) is 25.0 Å². The van der Waals surface area contributed by atoms with Crippen LogP contribution in [-0.4, -0.2) is 52.6 Å². The van der Waals surface area contributed by atoms with Gasteiger partial charge in [0, 0.05) is 35.4 Å². The van der Waals surface area contributed by atoms with E-state index in [1.165, 1.54) is 19.3 Å². The van der Waals surface area contributed by atoms with Crippen LogP contribution in [0.3, 0.4) is 0 Å². The summed E-state index contributed by atoms with van der Waals surface area (Å²) in [7, 11) is 0. The number of aromatic nitrogens is 2. The highest BCUT2D eigenvalue weighted by Gasteiger charge is 2.18. The first-order valence-corrected chi connectivity index (χ1v) is 12.8. The summed E-state index contributed by atoms with van der Waals surface area (Å²) in [5, 5.41) is 15.2. The Bertz CT molecular complexity index is 1150. The van der Waals surface area contributed by atoms with E-state index >= 15 is 0 Å². The molecule has 2 aromatic carbocycles. The van der Waals surface area contributed by atoms with Crippen LogP contribution in [0.25, 0.3) is 0 Å². The molecule has 0 radical (unpaired) electrons. The van der Waals surface area contributed by atoms with Gasteiger partial charge in [-0.05, 0) is 68.8 Å². The first-order chi connectivity index (χ1) is 17.0. The van der Waals surface area contributed by atoms with E-state index in [0.29, 0.717) is 39.6 Å². The molecule has 0 bridgehead atoms. The maximum Gasteiger partial charge on any atom is 0.286 e. The molecule has 2 amide bonds. The van der Waals surface area contributed by atoms with E-state index < -0.39 is 5.91 Å². The van der Waals surface area contributed by atoms with Gasteiger partial charge in [0.1, 0.15) is 12.4 Å². The molecule has 1 saturated heterocycles. The molecule has 3 aromatic rings. The molecule has 0 unspecified atom stereocenters. The van der Waals surface area contributed by atoms with Crippen molar-refractivity contribution in [1.82, 2.24) is 20.4 Å². The van der Waals surface area contributed by atoms with E-state index in [1.807, 2.05) is 0 Å². The fourth-order valence-corrected chi connectivity index (χ4v) is 4.68. The number of hydrogen-bond acceptors (Lipinski definition) is 7. The zero-order valence-electron chi connectivity index (χ0n) is 19.5. The number of hydrogen-bond donors (Lipinski definition) is 2. The first-order valence-electron chi connectivity index (χ1n) is 11.6. The Morgan fingerprint density at radius 1 is 1.14 bits per heavy atom. The van der Waals surface area contributed by atoms with Gasteiger partial charge in [-0.25, -0.2) is 0 Å². The lowest BCUT2D eigenvalue weighted by Crippen LogP contribution is -2.42. The van der Waals surface area contributed by atoms with Crippen molar-refractivity contribution >= 4 is 40.4 Å². The van der Waals surface area contributed by atoms with Gasteiger partial charge in [-0.2, -0.15) is 0 Å². The number of nitrogens with zero attached hydrogens (tertiary/aromatic N) is 3. The summed E-state index contributed by atoms with van der Waals surface area (Å²) < 4.78 is 5.65. The summed E-state index contributed by atoms with van der Waals surface area (Å²) in [6.45, 7) is 4.94. The van der Waals surface area contributed by atoms with Gasteiger partial charge in [0.2, 0.25) is 5.01 Å². The second-order valence-electron chi connectivity index (χ2n) is 8.42.